The summed E-state index contributed by atoms with van der Waals surface area (Å²) in [5.74, 6) is -0.777. The first-order valence-electron chi connectivity index (χ1n) is 8.82. The zero-order valence-electron chi connectivity index (χ0n) is 16.0. The Kier molecular flexibility index (Phi) is 5.90. The molecule has 3 aromatic rings. The molecule has 0 aliphatic rings. The molecule has 3 rings (SSSR count). The molecular weight excluding hydrogens is 375 g/mol. The Labute approximate surface area is 167 Å². The molecular formula is C22H21FN2O2S. The van der Waals surface area contributed by atoms with Crippen molar-refractivity contribution in [1.82, 2.24) is 4.90 Å². The van der Waals surface area contributed by atoms with Gasteiger partial charge in [-0.2, -0.15) is 0 Å². The first-order valence-corrected chi connectivity index (χ1v) is 9.64. The lowest BCUT2D eigenvalue weighted by Crippen LogP contribution is -2.34. The minimum Gasteiger partial charge on any atom is -0.332 e. The molecule has 0 fully saturated rings. The van der Waals surface area contributed by atoms with Crippen LogP contribution in [0.15, 0.2) is 54.6 Å². The van der Waals surface area contributed by atoms with Gasteiger partial charge < -0.3 is 10.2 Å². The number of likely N-dealkylation sites (N-methyl/N-ethyl adjacent to an activating group) is 1. The molecule has 0 saturated carbocycles. The van der Waals surface area contributed by atoms with Crippen LogP contribution in [0.3, 0.4) is 0 Å². The third-order valence-corrected chi connectivity index (χ3v) is 5.67. The van der Waals surface area contributed by atoms with Gasteiger partial charge in [-0.05, 0) is 60.9 Å². The second-order valence-corrected chi connectivity index (χ2v) is 7.71. The van der Waals surface area contributed by atoms with Crippen molar-refractivity contribution in [3.8, 4) is 10.4 Å². The van der Waals surface area contributed by atoms with Crippen molar-refractivity contribution in [2.24, 2.45) is 0 Å². The van der Waals surface area contributed by atoms with Gasteiger partial charge in [0.1, 0.15) is 5.82 Å². The number of hydrogen-bond donors (Lipinski definition) is 1. The number of aryl methyl sites for hydroxylation is 1. The fraction of sp³-hybridized carbons (Fsp3) is 0.182. The summed E-state index contributed by atoms with van der Waals surface area (Å²) in [7, 11) is 1.60. The molecule has 28 heavy (non-hydrogen) atoms. The first-order chi connectivity index (χ1) is 13.3. The van der Waals surface area contributed by atoms with Crippen molar-refractivity contribution in [1.29, 1.82) is 0 Å². The molecule has 0 bridgehead atoms. The van der Waals surface area contributed by atoms with E-state index in [2.05, 4.69) is 5.32 Å². The van der Waals surface area contributed by atoms with E-state index in [4.69, 9.17) is 0 Å². The molecule has 0 saturated heterocycles. The highest BCUT2D eigenvalue weighted by molar-refractivity contribution is 7.17. The van der Waals surface area contributed by atoms with Crippen LogP contribution in [0, 0.1) is 19.7 Å². The van der Waals surface area contributed by atoms with Crippen molar-refractivity contribution in [2.45, 2.75) is 13.8 Å². The number of carbonyl (C=O) groups is 2. The summed E-state index contributed by atoms with van der Waals surface area (Å²) >= 11 is 1.32. The summed E-state index contributed by atoms with van der Waals surface area (Å²) < 4.78 is 13.1. The molecule has 1 heterocycles. The minimum absolute atomic E-state index is 0.0456. The Morgan fingerprint density at radius 1 is 1.04 bits per heavy atom. The predicted octanol–water partition coefficient (Wildman–Crippen LogP) is 4.88. The minimum atomic E-state index is -0.300. The molecule has 0 atom stereocenters. The molecule has 1 N–H and O–H groups in total. The van der Waals surface area contributed by atoms with Gasteiger partial charge in [-0.25, -0.2) is 4.39 Å². The predicted molar refractivity (Wildman–Crippen MR) is 111 cm³/mol. The van der Waals surface area contributed by atoms with E-state index in [-0.39, 0.29) is 24.2 Å². The van der Waals surface area contributed by atoms with Gasteiger partial charge in [0.2, 0.25) is 5.91 Å². The fourth-order valence-corrected chi connectivity index (χ4v) is 3.78. The molecule has 1 aromatic heterocycles. The van der Waals surface area contributed by atoms with Crippen LogP contribution in [0.1, 0.15) is 20.8 Å². The van der Waals surface area contributed by atoms with Gasteiger partial charge in [0, 0.05) is 17.6 Å². The molecule has 6 heteroatoms. The smallest absolute Gasteiger partial charge is 0.264 e. The lowest BCUT2D eigenvalue weighted by molar-refractivity contribution is -0.116. The molecule has 0 unspecified atom stereocenters. The number of amides is 2. The van der Waals surface area contributed by atoms with Gasteiger partial charge >= 0.3 is 0 Å². The van der Waals surface area contributed by atoms with Gasteiger partial charge in [0.25, 0.3) is 5.91 Å². The maximum Gasteiger partial charge on any atom is 0.264 e. The highest BCUT2D eigenvalue weighted by Gasteiger charge is 2.18. The number of carbonyl (C=O) groups excluding carboxylic acids is 2. The first kappa shape index (κ1) is 19.8. The topological polar surface area (TPSA) is 49.4 Å². The molecule has 0 spiro atoms. The normalized spacial score (nSPS) is 10.6. The van der Waals surface area contributed by atoms with Crippen molar-refractivity contribution >= 4 is 28.8 Å². The SMILES string of the molecule is Cc1cccc(NC(=O)CN(C)C(=O)c2ccc(-c3ccc(F)cc3)s2)c1C. The third-order valence-electron chi connectivity index (χ3n) is 4.55. The summed E-state index contributed by atoms with van der Waals surface area (Å²) in [6, 6.07) is 15.4. The number of halogens is 1. The maximum absolute atomic E-state index is 13.1. The average molecular weight is 396 g/mol. The number of nitrogens with one attached hydrogen (secondary N) is 1. The summed E-state index contributed by atoms with van der Waals surface area (Å²) in [6.45, 7) is 3.88. The Morgan fingerprint density at radius 2 is 1.75 bits per heavy atom. The van der Waals surface area contributed by atoms with Gasteiger partial charge in [-0.3, -0.25) is 9.59 Å². The van der Waals surface area contributed by atoms with Crippen molar-refractivity contribution in [3.05, 3.63) is 76.4 Å². The van der Waals surface area contributed by atoms with Gasteiger partial charge in [-0.15, -0.1) is 11.3 Å². The number of anilines is 1. The van der Waals surface area contributed by atoms with E-state index in [9.17, 15) is 14.0 Å². The highest BCUT2D eigenvalue weighted by Crippen LogP contribution is 2.29. The Balaban J connectivity index is 1.65. The molecule has 144 valence electrons. The van der Waals surface area contributed by atoms with E-state index in [0.29, 0.717) is 4.88 Å². The van der Waals surface area contributed by atoms with E-state index < -0.39 is 0 Å². The second kappa shape index (κ2) is 8.35. The molecule has 2 aromatic carbocycles. The zero-order chi connectivity index (χ0) is 20.3. The molecule has 0 radical (unpaired) electrons. The fourth-order valence-electron chi connectivity index (χ4n) is 2.77. The van der Waals surface area contributed by atoms with Crippen molar-refractivity contribution in [2.75, 3.05) is 18.9 Å². The highest BCUT2D eigenvalue weighted by atomic mass is 32.1. The monoisotopic (exact) mass is 396 g/mol. The summed E-state index contributed by atoms with van der Waals surface area (Å²) in [4.78, 5) is 27.8. The molecule has 0 aliphatic carbocycles. The van der Waals surface area contributed by atoms with Crippen LogP contribution in [-0.2, 0) is 4.79 Å². The Hall–Kier alpha value is -2.99. The van der Waals surface area contributed by atoms with Crippen LogP contribution in [0.4, 0.5) is 10.1 Å². The van der Waals surface area contributed by atoms with Gasteiger partial charge in [0.15, 0.2) is 0 Å². The van der Waals surface area contributed by atoms with E-state index in [0.717, 1.165) is 27.3 Å². The van der Waals surface area contributed by atoms with Gasteiger partial charge in [-0.1, -0.05) is 24.3 Å². The maximum atomic E-state index is 13.1. The van der Waals surface area contributed by atoms with E-state index in [1.165, 1.54) is 28.4 Å². The van der Waals surface area contributed by atoms with Crippen LogP contribution in [0.5, 0.6) is 0 Å². The quantitative estimate of drug-likeness (QED) is 0.668. The molecule has 0 aliphatic heterocycles. The third kappa shape index (κ3) is 4.46. The van der Waals surface area contributed by atoms with Gasteiger partial charge in [0.05, 0.1) is 11.4 Å². The number of rotatable bonds is 5. The lowest BCUT2D eigenvalue weighted by atomic mass is 10.1. The Bertz CT molecular complexity index is 1010. The zero-order valence-corrected chi connectivity index (χ0v) is 16.8. The molecule has 4 nitrogen and oxygen atoms in total. The van der Waals surface area contributed by atoms with Crippen molar-refractivity contribution < 1.29 is 14.0 Å². The second-order valence-electron chi connectivity index (χ2n) is 6.63. The molecule has 2 amide bonds. The number of benzene rings is 2. The summed E-state index contributed by atoms with van der Waals surface area (Å²) in [6.07, 6.45) is 0. The summed E-state index contributed by atoms with van der Waals surface area (Å²) in [5.41, 5.74) is 3.70. The van der Waals surface area contributed by atoms with E-state index >= 15 is 0 Å². The number of thiophene rings is 1. The summed E-state index contributed by atoms with van der Waals surface area (Å²) in [5, 5.41) is 2.86. The van der Waals surface area contributed by atoms with E-state index in [1.807, 2.05) is 38.1 Å². The average Bonchev–Trinajstić information content (AvgIpc) is 3.15. The van der Waals surface area contributed by atoms with Crippen LogP contribution < -0.4 is 5.32 Å². The van der Waals surface area contributed by atoms with Crippen LogP contribution >= 0.6 is 11.3 Å². The van der Waals surface area contributed by atoms with Crippen LogP contribution in [0.2, 0.25) is 0 Å². The van der Waals surface area contributed by atoms with Crippen LogP contribution in [0.25, 0.3) is 10.4 Å². The Morgan fingerprint density at radius 3 is 2.46 bits per heavy atom. The van der Waals surface area contributed by atoms with E-state index in [1.54, 1.807) is 25.2 Å². The number of nitrogens with zero attached hydrogens (tertiary/aromatic N) is 1. The lowest BCUT2D eigenvalue weighted by Gasteiger charge is -2.17. The van der Waals surface area contributed by atoms with Crippen molar-refractivity contribution in [3.63, 3.8) is 0 Å². The number of hydrogen-bond acceptors (Lipinski definition) is 3. The standard InChI is InChI=1S/C22H21FN2O2S/c1-14-5-4-6-18(15(14)2)24-21(26)13-25(3)22(27)20-12-11-19(28-20)16-7-9-17(23)10-8-16/h4-12H,13H2,1-3H3,(H,24,26). The van der Waals surface area contributed by atoms with Crippen LogP contribution in [-0.4, -0.2) is 30.3 Å². The largest absolute Gasteiger partial charge is 0.332 e.